The van der Waals surface area contributed by atoms with Crippen LogP contribution in [0.4, 0.5) is 5.69 Å². The quantitative estimate of drug-likeness (QED) is 0.681. The van der Waals surface area contributed by atoms with Crippen molar-refractivity contribution in [1.29, 1.82) is 0 Å². The van der Waals surface area contributed by atoms with Gasteiger partial charge in [-0.2, -0.15) is 0 Å². The van der Waals surface area contributed by atoms with E-state index in [0.29, 0.717) is 18.7 Å². The summed E-state index contributed by atoms with van der Waals surface area (Å²) < 4.78 is 0. The summed E-state index contributed by atoms with van der Waals surface area (Å²) in [6, 6.07) is 11.5. The minimum Gasteiger partial charge on any atom is -0.411 e. The summed E-state index contributed by atoms with van der Waals surface area (Å²) in [7, 11) is 0. The summed E-state index contributed by atoms with van der Waals surface area (Å²) in [6.45, 7) is 2.62. The fraction of sp³-hybridized carbons (Fsp3) is 0.250. The highest BCUT2D eigenvalue weighted by Crippen LogP contribution is 2.30. The predicted molar refractivity (Wildman–Crippen MR) is 84.8 cm³/mol. The molecule has 1 aromatic heterocycles. The molecule has 21 heavy (non-hydrogen) atoms. The van der Waals surface area contributed by atoms with Crippen LogP contribution in [-0.2, 0) is 6.42 Å². The molecule has 2 aromatic rings. The lowest BCUT2D eigenvalue weighted by Crippen LogP contribution is -2.37. The van der Waals surface area contributed by atoms with Crippen LogP contribution < -0.4 is 4.90 Å². The van der Waals surface area contributed by atoms with Crippen LogP contribution in [0.3, 0.4) is 0 Å². The SMILES string of the molecule is CCc1ccc(C(=O)N2CCC(=NO)c3ccccc32)s1. The summed E-state index contributed by atoms with van der Waals surface area (Å²) in [5.74, 6) is 0.0177. The summed E-state index contributed by atoms with van der Waals surface area (Å²) in [5, 5.41) is 12.5. The first-order chi connectivity index (χ1) is 10.2. The molecule has 2 heterocycles. The number of oxime groups is 1. The molecule has 1 aromatic carbocycles. The Balaban J connectivity index is 1.98. The van der Waals surface area contributed by atoms with Crippen LogP contribution in [0.15, 0.2) is 41.6 Å². The van der Waals surface area contributed by atoms with E-state index in [4.69, 9.17) is 5.21 Å². The standard InChI is InChI=1S/C16H16N2O2S/c1-2-11-7-8-15(21-11)16(19)18-10-9-13(17-20)12-5-3-4-6-14(12)18/h3-8,20H,2,9-10H2,1H3. The molecule has 0 atom stereocenters. The fourth-order valence-corrected chi connectivity index (χ4v) is 3.45. The van der Waals surface area contributed by atoms with Gasteiger partial charge < -0.3 is 10.1 Å². The normalized spacial score (nSPS) is 16.0. The average molecular weight is 300 g/mol. The smallest absolute Gasteiger partial charge is 0.268 e. The molecule has 1 N–H and O–H groups in total. The highest BCUT2D eigenvalue weighted by molar-refractivity contribution is 7.14. The van der Waals surface area contributed by atoms with Gasteiger partial charge in [0.2, 0.25) is 0 Å². The van der Waals surface area contributed by atoms with E-state index < -0.39 is 0 Å². The van der Waals surface area contributed by atoms with Crippen molar-refractivity contribution >= 4 is 28.6 Å². The number of carbonyl (C=O) groups is 1. The summed E-state index contributed by atoms with van der Waals surface area (Å²) in [5.41, 5.74) is 2.27. The van der Waals surface area contributed by atoms with Crippen LogP contribution >= 0.6 is 11.3 Å². The van der Waals surface area contributed by atoms with E-state index in [1.165, 1.54) is 4.88 Å². The van der Waals surface area contributed by atoms with Gasteiger partial charge in [0.05, 0.1) is 16.3 Å². The number of hydrogen-bond donors (Lipinski definition) is 1. The summed E-state index contributed by atoms with van der Waals surface area (Å²) >= 11 is 1.55. The van der Waals surface area contributed by atoms with Crippen LogP contribution in [0.1, 0.15) is 33.5 Å². The van der Waals surface area contributed by atoms with Crippen molar-refractivity contribution in [2.75, 3.05) is 11.4 Å². The second-order valence-corrected chi connectivity index (χ2v) is 6.06. The molecule has 0 aliphatic carbocycles. The molecule has 4 nitrogen and oxygen atoms in total. The molecule has 5 heteroatoms. The van der Waals surface area contributed by atoms with Crippen molar-refractivity contribution < 1.29 is 10.0 Å². The molecule has 0 saturated carbocycles. The minimum absolute atomic E-state index is 0.0177. The maximum absolute atomic E-state index is 12.7. The average Bonchev–Trinajstić information content (AvgIpc) is 3.02. The Hall–Kier alpha value is -2.14. The molecule has 108 valence electrons. The summed E-state index contributed by atoms with van der Waals surface area (Å²) in [4.78, 5) is 16.5. The van der Waals surface area contributed by atoms with E-state index in [1.807, 2.05) is 36.4 Å². The molecular formula is C16H16N2O2S. The molecule has 0 saturated heterocycles. The molecule has 0 bridgehead atoms. The Labute approximate surface area is 127 Å². The zero-order chi connectivity index (χ0) is 14.8. The fourth-order valence-electron chi connectivity index (χ4n) is 2.56. The van der Waals surface area contributed by atoms with E-state index in [0.717, 1.165) is 22.5 Å². The Morgan fingerprint density at radius 1 is 1.33 bits per heavy atom. The van der Waals surface area contributed by atoms with Crippen LogP contribution in [0.5, 0.6) is 0 Å². The number of para-hydroxylation sites is 1. The first kappa shape index (κ1) is 13.8. The lowest BCUT2D eigenvalue weighted by molar-refractivity contribution is 0.0991. The second kappa shape index (κ2) is 5.69. The van der Waals surface area contributed by atoms with Crippen molar-refractivity contribution in [2.24, 2.45) is 5.16 Å². The number of benzene rings is 1. The Morgan fingerprint density at radius 3 is 2.86 bits per heavy atom. The zero-order valence-corrected chi connectivity index (χ0v) is 12.6. The lowest BCUT2D eigenvalue weighted by atomic mass is 9.99. The highest BCUT2D eigenvalue weighted by atomic mass is 32.1. The van der Waals surface area contributed by atoms with Gasteiger partial charge in [0, 0.05) is 23.4 Å². The van der Waals surface area contributed by atoms with Gasteiger partial charge in [-0.15, -0.1) is 11.3 Å². The van der Waals surface area contributed by atoms with Crippen molar-refractivity contribution in [3.8, 4) is 0 Å². The third kappa shape index (κ3) is 2.45. The predicted octanol–water partition coefficient (Wildman–Crippen LogP) is 3.54. The molecule has 1 aliphatic heterocycles. The van der Waals surface area contributed by atoms with E-state index in [9.17, 15) is 4.79 Å². The third-order valence-corrected chi connectivity index (χ3v) is 4.88. The minimum atomic E-state index is 0.0177. The maximum atomic E-state index is 12.7. The van der Waals surface area contributed by atoms with Gasteiger partial charge in [0.1, 0.15) is 0 Å². The van der Waals surface area contributed by atoms with Gasteiger partial charge >= 0.3 is 0 Å². The van der Waals surface area contributed by atoms with Gasteiger partial charge in [-0.25, -0.2) is 0 Å². The van der Waals surface area contributed by atoms with E-state index in [1.54, 1.807) is 16.2 Å². The summed E-state index contributed by atoms with van der Waals surface area (Å²) in [6.07, 6.45) is 1.50. The van der Waals surface area contributed by atoms with E-state index >= 15 is 0 Å². The van der Waals surface area contributed by atoms with Gasteiger partial charge in [-0.05, 0) is 24.6 Å². The molecule has 1 aliphatic rings. The number of hydrogen-bond acceptors (Lipinski definition) is 4. The van der Waals surface area contributed by atoms with Crippen molar-refractivity contribution in [3.05, 3.63) is 51.7 Å². The first-order valence-corrected chi connectivity index (χ1v) is 7.77. The number of fused-ring (bicyclic) bond motifs is 1. The van der Waals surface area contributed by atoms with Gasteiger partial charge in [0.15, 0.2) is 0 Å². The topological polar surface area (TPSA) is 52.9 Å². The van der Waals surface area contributed by atoms with Gasteiger partial charge in [-0.3, -0.25) is 4.79 Å². The maximum Gasteiger partial charge on any atom is 0.268 e. The molecule has 0 spiro atoms. The Morgan fingerprint density at radius 2 is 2.14 bits per heavy atom. The third-order valence-electron chi connectivity index (χ3n) is 3.66. The van der Waals surface area contributed by atoms with Crippen LogP contribution in [0.25, 0.3) is 0 Å². The molecule has 3 rings (SSSR count). The zero-order valence-electron chi connectivity index (χ0n) is 11.7. The Bertz CT molecular complexity index is 706. The van der Waals surface area contributed by atoms with Crippen LogP contribution in [0.2, 0.25) is 0 Å². The number of aryl methyl sites for hydroxylation is 1. The molecule has 0 radical (unpaired) electrons. The molecular weight excluding hydrogens is 284 g/mol. The Kier molecular flexibility index (Phi) is 3.75. The first-order valence-electron chi connectivity index (χ1n) is 6.95. The number of nitrogens with zero attached hydrogens (tertiary/aromatic N) is 2. The molecule has 1 amide bonds. The molecule has 0 unspecified atom stereocenters. The monoisotopic (exact) mass is 300 g/mol. The second-order valence-electron chi connectivity index (χ2n) is 4.89. The number of amides is 1. The number of thiophene rings is 1. The highest BCUT2D eigenvalue weighted by Gasteiger charge is 2.27. The van der Waals surface area contributed by atoms with Gasteiger partial charge in [-0.1, -0.05) is 30.3 Å². The lowest BCUT2D eigenvalue weighted by Gasteiger charge is -2.29. The number of carbonyl (C=O) groups excluding carboxylic acids is 1. The largest absolute Gasteiger partial charge is 0.411 e. The van der Waals surface area contributed by atoms with Crippen molar-refractivity contribution in [3.63, 3.8) is 0 Å². The van der Waals surface area contributed by atoms with Crippen molar-refractivity contribution in [2.45, 2.75) is 19.8 Å². The molecule has 0 fully saturated rings. The number of rotatable bonds is 2. The number of anilines is 1. The van der Waals surface area contributed by atoms with Crippen molar-refractivity contribution in [1.82, 2.24) is 0 Å². The van der Waals surface area contributed by atoms with Gasteiger partial charge in [0.25, 0.3) is 5.91 Å². The van der Waals surface area contributed by atoms with Crippen LogP contribution in [-0.4, -0.2) is 23.4 Å². The van der Waals surface area contributed by atoms with Crippen LogP contribution in [0, 0.1) is 0 Å². The van der Waals surface area contributed by atoms with E-state index in [-0.39, 0.29) is 5.91 Å². The van der Waals surface area contributed by atoms with E-state index in [2.05, 4.69) is 12.1 Å².